The lowest BCUT2D eigenvalue weighted by molar-refractivity contribution is -0.110. The van der Waals surface area contributed by atoms with Crippen molar-refractivity contribution in [2.45, 2.75) is 17.7 Å². The summed E-state index contributed by atoms with van der Waals surface area (Å²) in [5.41, 5.74) is 3.08. The summed E-state index contributed by atoms with van der Waals surface area (Å²) < 4.78 is 29.3. The van der Waals surface area contributed by atoms with Gasteiger partial charge in [0.15, 0.2) is 0 Å². The summed E-state index contributed by atoms with van der Waals surface area (Å²) in [6, 6.07) is 12.1. The third kappa shape index (κ3) is 4.14. The number of primary sulfonamides is 1. The highest BCUT2D eigenvalue weighted by atomic mass is 32.2. The van der Waals surface area contributed by atoms with Crippen molar-refractivity contribution in [1.82, 2.24) is 9.88 Å². The van der Waals surface area contributed by atoms with Crippen molar-refractivity contribution in [2.24, 2.45) is 5.14 Å². The fourth-order valence-corrected chi connectivity index (χ4v) is 4.78. The van der Waals surface area contributed by atoms with Gasteiger partial charge in [-0.1, -0.05) is 0 Å². The second-order valence-electron chi connectivity index (χ2n) is 8.14. The first kappa shape index (κ1) is 20.7. The van der Waals surface area contributed by atoms with E-state index in [0.717, 1.165) is 42.0 Å². The minimum Gasteiger partial charge on any atom is -0.492 e. The molecule has 0 radical (unpaired) electrons. The molecule has 4 N–H and O–H groups in total. The minimum atomic E-state index is -3.87. The van der Waals surface area contributed by atoms with E-state index in [0.29, 0.717) is 23.4 Å². The molecule has 3 aromatic rings. The van der Waals surface area contributed by atoms with Gasteiger partial charge in [0, 0.05) is 34.4 Å². The summed E-state index contributed by atoms with van der Waals surface area (Å²) >= 11 is 0. The number of anilines is 1. The Hall–Kier alpha value is -3.14. The number of nitrogens with zero attached hydrogens (tertiary/aromatic N) is 1. The van der Waals surface area contributed by atoms with Gasteiger partial charge in [0.25, 0.3) is 5.91 Å². The molecule has 5 rings (SSSR count). The molecule has 1 aromatic heterocycles. The van der Waals surface area contributed by atoms with Crippen LogP contribution in [0.15, 0.2) is 47.4 Å². The maximum atomic E-state index is 12.5. The quantitative estimate of drug-likeness (QED) is 0.497. The monoisotopic (exact) mass is 452 g/mol. The van der Waals surface area contributed by atoms with Gasteiger partial charge in [-0.3, -0.25) is 9.69 Å². The van der Waals surface area contributed by atoms with Gasteiger partial charge < -0.3 is 15.0 Å². The predicted molar refractivity (Wildman–Crippen MR) is 124 cm³/mol. The first-order valence-corrected chi connectivity index (χ1v) is 12.1. The van der Waals surface area contributed by atoms with Crippen molar-refractivity contribution < 1.29 is 17.9 Å². The molecular weight excluding hydrogens is 428 g/mol. The van der Waals surface area contributed by atoms with Crippen LogP contribution in [0.2, 0.25) is 0 Å². The molecular formula is C23H24N4O4S. The van der Waals surface area contributed by atoms with Crippen LogP contribution in [-0.2, 0) is 14.8 Å². The number of hydrogen-bond donors (Lipinski definition) is 3. The number of carbonyl (C=O) groups excluding carboxylic acids is 1. The SMILES string of the molecule is NS(=O)(=O)c1ccc2c(c1)/C(=C\c1cc3cc(OCCN4CCCC4)ccc3[nH]1)C(=O)N2. The molecule has 3 heterocycles. The largest absolute Gasteiger partial charge is 0.492 e. The lowest BCUT2D eigenvalue weighted by Crippen LogP contribution is -2.25. The number of hydrogen-bond acceptors (Lipinski definition) is 5. The Labute approximate surface area is 186 Å². The number of nitrogens with one attached hydrogen (secondary N) is 2. The molecule has 9 heteroatoms. The Morgan fingerprint density at radius 1 is 1.09 bits per heavy atom. The van der Waals surface area contributed by atoms with E-state index in [9.17, 15) is 13.2 Å². The molecule has 2 aliphatic rings. The number of likely N-dealkylation sites (tertiary alicyclic amines) is 1. The van der Waals surface area contributed by atoms with Crippen molar-refractivity contribution in [2.75, 3.05) is 31.6 Å². The second kappa shape index (κ2) is 8.09. The van der Waals surface area contributed by atoms with Crippen LogP contribution in [0.1, 0.15) is 24.1 Å². The number of amides is 1. The molecule has 166 valence electrons. The standard InChI is InChI=1S/C23H24N4O4S/c24-32(29,30)18-4-6-22-19(14-18)20(23(28)26-22)13-16-11-15-12-17(3-5-21(15)25-16)31-10-9-27-7-1-2-8-27/h3-6,11-14,25H,1-2,7-10H2,(H,26,28)(H2,24,29,30)/b20-13+. The lowest BCUT2D eigenvalue weighted by Gasteiger charge is -2.14. The average Bonchev–Trinajstić information content (AvgIpc) is 3.46. The van der Waals surface area contributed by atoms with Gasteiger partial charge >= 0.3 is 0 Å². The van der Waals surface area contributed by atoms with Crippen LogP contribution < -0.4 is 15.2 Å². The molecule has 0 saturated carbocycles. The van der Waals surface area contributed by atoms with Crippen LogP contribution in [0.3, 0.4) is 0 Å². The average molecular weight is 453 g/mol. The summed E-state index contributed by atoms with van der Waals surface area (Å²) in [6.45, 7) is 3.87. The molecule has 1 saturated heterocycles. The molecule has 32 heavy (non-hydrogen) atoms. The van der Waals surface area contributed by atoms with E-state index in [2.05, 4.69) is 15.2 Å². The number of sulfonamides is 1. The summed E-state index contributed by atoms with van der Waals surface area (Å²) in [5.74, 6) is 0.507. The van der Waals surface area contributed by atoms with Gasteiger partial charge in [0.05, 0.1) is 10.5 Å². The highest BCUT2D eigenvalue weighted by Gasteiger charge is 2.26. The van der Waals surface area contributed by atoms with E-state index in [-0.39, 0.29) is 10.8 Å². The van der Waals surface area contributed by atoms with Crippen molar-refractivity contribution in [3.05, 3.63) is 53.7 Å². The summed E-state index contributed by atoms with van der Waals surface area (Å²) in [4.78, 5) is 18.2. The van der Waals surface area contributed by atoms with E-state index in [1.165, 1.54) is 25.0 Å². The fraction of sp³-hybridized carbons (Fsp3) is 0.261. The van der Waals surface area contributed by atoms with Crippen molar-refractivity contribution >= 4 is 44.2 Å². The Bertz CT molecular complexity index is 1340. The number of rotatable bonds is 6. The molecule has 2 aromatic carbocycles. The minimum absolute atomic E-state index is 0.0361. The normalized spacial score (nSPS) is 17.8. The van der Waals surface area contributed by atoms with Crippen LogP contribution in [0, 0.1) is 0 Å². The third-order valence-electron chi connectivity index (χ3n) is 5.89. The van der Waals surface area contributed by atoms with Crippen molar-refractivity contribution in [1.29, 1.82) is 0 Å². The van der Waals surface area contributed by atoms with Gasteiger partial charge in [0.2, 0.25) is 10.0 Å². The molecule has 1 amide bonds. The van der Waals surface area contributed by atoms with Gasteiger partial charge in [-0.2, -0.15) is 0 Å². The number of aromatic amines is 1. The number of H-pyrrole nitrogens is 1. The molecule has 0 unspecified atom stereocenters. The molecule has 2 aliphatic heterocycles. The van der Waals surface area contributed by atoms with Crippen LogP contribution in [0.4, 0.5) is 5.69 Å². The molecule has 0 atom stereocenters. The number of fused-ring (bicyclic) bond motifs is 2. The Morgan fingerprint density at radius 3 is 2.69 bits per heavy atom. The zero-order valence-corrected chi connectivity index (χ0v) is 18.2. The fourth-order valence-electron chi connectivity index (χ4n) is 4.24. The summed E-state index contributed by atoms with van der Waals surface area (Å²) in [6.07, 6.45) is 4.24. The first-order valence-electron chi connectivity index (χ1n) is 10.5. The molecule has 8 nitrogen and oxygen atoms in total. The second-order valence-corrected chi connectivity index (χ2v) is 9.70. The number of carbonyl (C=O) groups is 1. The number of ether oxygens (including phenoxy) is 1. The topological polar surface area (TPSA) is 118 Å². The highest BCUT2D eigenvalue weighted by molar-refractivity contribution is 7.89. The Kier molecular flexibility index (Phi) is 5.24. The number of nitrogens with two attached hydrogens (primary N) is 1. The van der Waals surface area contributed by atoms with Crippen molar-refractivity contribution in [3.63, 3.8) is 0 Å². The van der Waals surface area contributed by atoms with Crippen LogP contribution >= 0.6 is 0 Å². The van der Waals surface area contributed by atoms with Gasteiger partial charge in [-0.15, -0.1) is 0 Å². The zero-order chi connectivity index (χ0) is 22.3. The van der Waals surface area contributed by atoms with Gasteiger partial charge in [0.1, 0.15) is 12.4 Å². The highest BCUT2D eigenvalue weighted by Crippen LogP contribution is 2.35. The van der Waals surface area contributed by atoms with Crippen LogP contribution in [0.25, 0.3) is 22.6 Å². The van der Waals surface area contributed by atoms with Crippen LogP contribution in [-0.4, -0.2) is 50.5 Å². The maximum Gasteiger partial charge on any atom is 0.256 e. The van der Waals surface area contributed by atoms with E-state index >= 15 is 0 Å². The van der Waals surface area contributed by atoms with E-state index < -0.39 is 10.0 Å². The van der Waals surface area contributed by atoms with Crippen molar-refractivity contribution in [3.8, 4) is 5.75 Å². The number of benzene rings is 2. The lowest BCUT2D eigenvalue weighted by atomic mass is 10.1. The predicted octanol–water partition coefficient (Wildman–Crippen LogP) is 2.78. The van der Waals surface area contributed by atoms with Crippen LogP contribution in [0.5, 0.6) is 5.75 Å². The third-order valence-corrected chi connectivity index (χ3v) is 6.80. The maximum absolute atomic E-state index is 12.5. The summed E-state index contributed by atoms with van der Waals surface area (Å²) in [5, 5.41) is 8.97. The first-order chi connectivity index (χ1) is 15.4. The molecule has 1 fully saturated rings. The molecule has 0 spiro atoms. The molecule has 0 aliphatic carbocycles. The smallest absolute Gasteiger partial charge is 0.256 e. The Balaban J connectivity index is 1.39. The number of aromatic nitrogens is 1. The van der Waals surface area contributed by atoms with E-state index in [1.54, 1.807) is 12.1 Å². The molecule has 0 bridgehead atoms. The zero-order valence-electron chi connectivity index (χ0n) is 17.4. The van der Waals surface area contributed by atoms with Gasteiger partial charge in [-0.05, 0) is 74.5 Å². The van der Waals surface area contributed by atoms with E-state index in [1.807, 2.05) is 24.3 Å². The van der Waals surface area contributed by atoms with E-state index in [4.69, 9.17) is 9.88 Å². The summed E-state index contributed by atoms with van der Waals surface area (Å²) in [7, 11) is -3.87. The van der Waals surface area contributed by atoms with Gasteiger partial charge in [-0.25, -0.2) is 13.6 Å². The Morgan fingerprint density at radius 2 is 1.91 bits per heavy atom.